The zero-order valence-electron chi connectivity index (χ0n) is 13.4. The van der Waals surface area contributed by atoms with E-state index >= 15 is 0 Å². The van der Waals surface area contributed by atoms with Crippen molar-refractivity contribution < 1.29 is 0 Å². The lowest BCUT2D eigenvalue weighted by Gasteiger charge is -2.30. The molecule has 1 heterocycles. The van der Waals surface area contributed by atoms with E-state index in [1.807, 2.05) is 6.07 Å². The second kappa shape index (κ2) is 7.44. The average Bonchev–Trinajstić information content (AvgIpc) is 2.91. The molecule has 0 saturated carbocycles. The Morgan fingerprint density at radius 1 is 1.43 bits per heavy atom. The molecule has 1 aromatic carbocycles. The Balaban J connectivity index is 2.20. The fraction of sp³-hybridized carbons (Fsp3) is 0.588. The molecule has 1 fully saturated rings. The maximum absolute atomic E-state index is 9.49. The summed E-state index contributed by atoms with van der Waals surface area (Å²) in [5, 5.41) is 12.8. The van der Waals surface area contributed by atoms with Gasteiger partial charge in [0.15, 0.2) is 0 Å². The molecule has 4 heteroatoms. The summed E-state index contributed by atoms with van der Waals surface area (Å²) in [6.45, 7) is 5.96. The number of nitriles is 1. The molecule has 0 amide bonds. The maximum atomic E-state index is 9.49. The van der Waals surface area contributed by atoms with Crippen LogP contribution in [0.25, 0.3) is 0 Å². The zero-order valence-corrected chi connectivity index (χ0v) is 13.4. The lowest BCUT2D eigenvalue weighted by molar-refractivity contribution is 0.372. The van der Waals surface area contributed by atoms with Gasteiger partial charge in [0, 0.05) is 25.7 Å². The smallest absolute Gasteiger partial charge is 0.101 e. The number of likely N-dealkylation sites (N-methyl/N-ethyl adjacent to an activating group) is 1. The highest BCUT2D eigenvalue weighted by molar-refractivity contribution is 5.61. The normalized spacial score (nSPS) is 18.2. The molecule has 114 valence electrons. The van der Waals surface area contributed by atoms with Gasteiger partial charge in [-0.2, -0.15) is 5.26 Å². The van der Waals surface area contributed by atoms with Crippen LogP contribution in [0.15, 0.2) is 18.2 Å². The maximum Gasteiger partial charge on any atom is 0.101 e. The summed E-state index contributed by atoms with van der Waals surface area (Å²) >= 11 is 0. The molecule has 1 aromatic rings. The third-order valence-electron chi connectivity index (χ3n) is 4.02. The molecule has 2 rings (SSSR count). The minimum absolute atomic E-state index is 0.520. The predicted molar refractivity (Wildman–Crippen MR) is 87.5 cm³/mol. The topological polar surface area (TPSA) is 42.3 Å². The van der Waals surface area contributed by atoms with E-state index in [2.05, 4.69) is 54.3 Å². The van der Waals surface area contributed by atoms with Crippen molar-refractivity contribution in [2.45, 2.75) is 32.4 Å². The Morgan fingerprint density at radius 3 is 2.90 bits per heavy atom. The number of rotatable bonds is 6. The molecule has 1 saturated heterocycles. The van der Waals surface area contributed by atoms with Gasteiger partial charge >= 0.3 is 0 Å². The molecule has 1 unspecified atom stereocenters. The van der Waals surface area contributed by atoms with Crippen LogP contribution in [0.4, 0.5) is 5.69 Å². The van der Waals surface area contributed by atoms with E-state index in [9.17, 15) is 5.26 Å². The van der Waals surface area contributed by atoms with Gasteiger partial charge in [-0.3, -0.25) is 0 Å². The minimum Gasteiger partial charge on any atom is -0.366 e. The van der Waals surface area contributed by atoms with Gasteiger partial charge in [0.2, 0.25) is 0 Å². The standard InChI is InChI=1S/C17H26N4/c1-4-19-12-14-7-8-17(15(10-14)11-18)21-9-5-6-16(21)13-20(2)3/h7-8,10,16,19H,4-6,9,12-13H2,1-3H3. The quantitative estimate of drug-likeness (QED) is 0.870. The summed E-state index contributed by atoms with van der Waals surface area (Å²) < 4.78 is 0. The van der Waals surface area contributed by atoms with Crippen LogP contribution >= 0.6 is 0 Å². The van der Waals surface area contributed by atoms with Crippen molar-refractivity contribution in [1.29, 1.82) is 5.26 Å². The van der Waals surface area contributed by atoms with Gasteiger partial charge in [0.25, 0.3) is 0 Å². The number of nitrogens with zero attached hydrogens (tertiary/aromatic N) is 3. The fourth-order valence-electron chi connectivity index (χ4n) is 3.07. The van der Waals surface area contributed by atoms with Gasteiger partial charge in [-0.15, -0.1) is 0 Å². The Hall–Kier alpha value is -1.57. The predicted octanol–water partition coefficient (Wildman–Crippen LogP) is 2.20. The summed E-state index contributed by atoms with van der Waals surface area (Å²) in [5.74, 6) is 0. The molecule has 1 N–H and O–H groups in total. The summed E-state index contributed by atoms with van der Waals surface area (Å²) in [5.41, 5.74) is 3.08. The largest absolute Gasteiger partial charge is 0.366 e. The van der Waals surface area contributed by atoms with Crippen molar-refractivity contribution in [1.82, 2.24) is 10.2 Å². The molecule has 1 aliphatic rings. The Labute approximate surface area is 128 Å². The summed E-state index contributed by atoms with van der Waals surface area (Å²) in [7, 11) is 4.22. The Bertz CT molecular complexity index is 504. The molecular formula is C17H26N4. The van der Waals surface area contributed by atoms with Crippen LogP contribution in [0.1, 0.15) is 30.9 Å². The van der Waals surface area contributed by atoms with Crippen LogP contribution < -0.4 is 10.2 Å². The first-order valence-corrected chi connectivity index (χ1v) is 7.80. The molecule has 1 aliphatic heterocycles. The molecule has 4 nitrogen and oxygen atoms in total. The molecule has 0 bridgehead atoms. The zero-order chi connectivity index (χ0) is 15.2. The molecular weight excluding hydrogens is 260 g/mol. The van der Waals surface area contributed by atoms with Crippen molar-refractivity contribution in [3.05, 3.63) is 29.3 Å². The number of benzene rings is 1. The van der Waals surface area contributed by atoms with E-state index < -0.39 is 0 Å². The minimum atomic E-state index is 0.520. The highest BCUT2D eigenvalue weighted by Crippen LogP contribution is 2.29. The molecule has 1 atom stereocenters. The second-order valence-electron chi connectivity index (χ2n) is 6.00. The van der Waals surface area contributed by atoms with Gasteiger partial charge < -0.3 is 15.1 Å². The Morgan fingerprint density at radius 2 is 2.24 bits per heavy atom. The van der Waals surface area contributed by atoms with Crippen molar-refractivity contribution in [3.63, 3.8) is 0 Å². The van der Waals surface area contributed by atoms with Gasteiger partial charge in [-0.05, 0) is 51.2 Å². The average molecular weight is 286 g/mol. The van der Waals surface area contributed by atoms with Gasteiger partial charge in [-0.1, -0.05) is 13.0 Å². The van der Waals surface area contributed by atoms with Crippen molar-refractivity contribution >= 4 is 5.69 Å². The lowest BCUT2D eigenvalue weighted by Crippen LogP contribution is -2.37. The highest BCUT2D eigenvalue weighted by atomic mass is 15.2. The van der Waals surface area contributed by atoms with Crippen LogP contribution in [0.3, 0.4) is 0 Å². The van der Waals surface area contributed by atoms with Crippen molar-refractivity contribution in [2.75, 3.05) is 38.6 Å². The highest BCUT2D eigenvalue weighted by Gasteiger charge is 2.26. The van der Waals surface area contributed by atoms with E-state index in [-0.39, 0.29) is 0 Å². The summed E-state index contributed by atoms with van der Waals surface area (Å²) in [6.07, 6.45) is 2.42. The second-order valence-corrected chi connectivity index (χ2v) is 6.00. The first-order chi connectivity index (χ1) is 10.2. The first kappa shape index (κ1) is 15.8. The first-order valence-electron chi connectivity index (χ1n) is 7.80. The molecule has 0 aliphatic carbocycles. The lowest BCUT2D eigenvalue weighted by atomic mass is 10.1. The monoisotopic (exact) mass is 286 g/mol. The third-order valence-corrected chi connectivity index (χ3v) is 4.02. The molecule has 21 heavy (non-hydrogen) atoms. The SMILES string of the molecule is CCNCc1ccc(N2CCCC2CN(C)C)c(C#N)c1. The number of hydrogen-bond donors (Lipinski definition) is 1. The number of nitrogens with one attached hydrogen (secondary N) is 1. The Kier molecular flexibility index (Phi) is 5.60. The van der Waals surface area contributed by atoms with E-state index in [1.54, 1.807) is 0 Å². The van der Waals surface area contributed by atoms with Crippen LogP contribution in [0.5, 0.6) is 0 Å². The van der Waals surface area contributed by atoms with Gasteiger partial charge in [0.1, 0.15) is 6.07 Å². The number of anilines is 1. The summed E-state index contributed by atoms with van der Waals surface area (Å²) in [6, 6.07) is 9.20. The van der Waals surface area contributed by atoms with Crippen molar-refractivity contribution in [3.8, 4) is 6.07 Å². The van der Waals surface area contributed by atoms with Crippen LogP contribution in [0, 0.1) is 11.3 Å². The van der Waals surface area contributed by atoms with E-state index in [4.69, 9.17) is 0 Å². The fourth-order valence-corrected chi connectivity index (χ4v) is 3.07. The molecule has 0 spiro atoms. The van der Waals surface area contributed by atoms with E-state index in [0.29, 0.717) is 6.04 Å². The third kappa shape index (κ3) is 3.96. The van der Waals surface area contributed by atoms with Crippen LogP contribution in [-0.2, 0) is 6.54 Å². The van der Waals surface area contributed by atoms with E-state index in [0.717, 1.165) is 37.4 Å². The van der Waals surface area contributed by atoms with Crippen molar-refractivity contribution in [2.24, 2.45) is 0 Å². The molecule has 0 aromatic heterocycles. The summed E-state index contributed by atoms with van der Waals surface area (Å²) in [4.78, 5) is 4.64. The number of hydrogen-bond acceptors (Lipinski definition) is 4. The van der Waals surface area contributed by atoms with E-state index in [1.165, 1.54) is 18.4 Å². The van der Waals surface area contributed by atoms with Gasteiger partial charge in [0.05, 0.1) is 11.3 Å². The van der Waals surface area contributed by atoms with Crippen LogP contribution in [0.2, 0.25) is 0 Å². The van der Waals surface area contributed by atoms with Gasteiger partial charge in [-0.25, -0.2) is 0 Å². The molecule has 0 radical (unpaired) electrons. The van der Waals surface area contributed by atoms with Crippen LogP contribution in [-0.4, -0.2) is 44.7 Å².